The molecule has 80 valence electrons. The number of esters is 1. The zero-order chi connectivity index (χ0) is 11.0. The summed E-state index contributed by atoms with van der Waals surface area (Å²) in [7, 11) is 0. The first-order valence-corrected chi connectivity index (χ1v) is 5.27. The highest BCUT2D eigenvalue weighted by molar-refractivity contribution is 5.72. The summed E-state index contributed by atoms with van der Waals surface area (Å²) in [6.45, 7) is 6.33. The quantitative estimate of drug-likeness (QED) is 0.482. The number of carbonyl (C=O) groups excluding carboxylic acids is 1. The van der Waals surface area contributed by atoms with Crippen LogP contribution < -0.4 is 0 Å². The van der Waals surface area contributed by atoms with E-state index in [1.54, 1.807) is 0 Å². The summed E-state index contributed by atoms with van der Waals surface area (Å²) in [6, 6.07) is 0. The predicted octanol–water partition coefficient (Wildman–Crippen LogP) is 2.63. The van der Waals surface area contributed by atoms with E-state index in [9.17, 15) is 4.79 Å². The molecular weight excluding hydrogens is 176 g/mol. The Balaban J connectivity index is 4.19. The topological polar surface area (TPSA) is 26.3 Å². The lowest BCUT2D eigenvalue weighted by Crippen LogP contribution is -2.24. The molecule has 0 aliphatic rings. The Morgan fingerprint density at radius 1 is 1.50 bits per heavy atom. The van der Waals surface area contributed by atoms with Crippen LogP contribution >= 0.6 is 0 Å². The van der Waals surface area contributed by atoms with Gasteiger partial charge < -0.3 is 4.74 Å². The van der Waals surface area contributed by atoms with E-state index in [0.29, 0.717) is 5.92 Å². The van der Waals surface area contributed by atoms with Crippen LogP contribution in [0.1, 0.15) is 40.0 Å². The number of ether oxygens (including phenoxy) is 1. The molecule has 0 saturated carbocycles. The summed E-state index contributed by atoms with van der Waals surface area (Å²) in [5.74, 6) is 2.56. The largest absolute Gasteiger partial charge is 0.452 e. The van der Waals surface area contributed by atoms with Gasteiger partial charge >= 0.3 is 5.97 Å². The van der Waals surface area contributed by atoms with Crippen LogP contribution in [-0.2, 0) is 9.53 Å². The van der Waals surface area contributed by atoms with Crippen LogP contribution in [0.25, 0.3) is 0 Å². The van der Waals surface area contributed by atoms with E-state index in [1.165, 1.54) is 0 Å². The molecule has 0 aromatic heterocycles. The van der Waals surface area contributed by atoms with Crippen molar-refractivity contribution in [1.29, 1.82) is 0 Å². The third-order valence-corrected chi connectivity index (χ3v) is 2.53. The summed E-state index contributed by atoms with van der Waals surface area (Å²) in [5, 5.41) is 0. The molecule has 0 aromatic rings. The van der Waals surface area contributed by atoms with Gasteiger partial charge in [0.2, 0.25) is 0 Å². The molecule has 0 radical (unpaired) electrons. The summed E-state index contributed by atoms with van der Waals surface area (Å²) in [5.41, 5.74) is 0. The molecule has 0 aliphatic heterocycles. The Kier molecular flexibility index (Phi) is 6.92. The van der Waals surface area contributed by atoms with Crippen LogP contribution in [0.5, 0.6) is 0 Å². The average Bonchev–Trinajstić information content (AvgIpc) is 2.21. The van der Waals surface area contributed by atoms with Gasteiger partial charge in [-0.3, -0.25) is 4.79 Å². The first-order valence-electron chi connectivity index (χ1n) is 5.27. The first-order chi connectivity index (χ1) is 6.67. The Morgan fingerprint density at radius 3 is 2.57 bits per heavy atom. The van der Waals surface area contributed by atoms with E-state index in [1.807, 2.05) is 0 Å². The average molecular weight is 196 g/mol. The van der Waals surface area contributed by atoms with Crippen molar-refractivity contribution in [2.75, 3.05) is 6.61 Å². The van der Waals surface area contributed by atoms with Gasteiger partial charge in [0, 0.05) is 0 Å². The highest BCUT2D eigenvalue weighted by Crippen LogP contribution is 2.21. The molecule has 0 rings (SSSR count). The van der Waals surface area contributed by atoms with Crippen LogP contribution in [-0.4, -0.2) is 12.6 Å². The van der Waals surface area contributed by atoms with E-state index in [4.69, 9.17) is 11.2 Å². The van der Waals surface area contributed by atoms with E-state index in [2.05, 4.69) is 26.7 Å². The SMILES string of the molecule is C#CCOC(=O)C(CCC)C(C)CC. The van der Waals surface area contributed by atoms with Gasteiger partial charge in [0.15, 0.2) is 6.61 Å². The minimum atomic E-state index is -0.140. The predicted molar refractivity (Wildman–Crippen MR) is 57.6 cm³/mol. The highest BCUT2D eigenvalue weighted by Gasteiger charge is 2.24. The first kappa shape index (κ1) is 13.0. The van der Waals surface area contributed by atoms with Gasteiger partial charge in [0.25, 0.3) is 0 Å². The molecule has 0 aliphatic carbocycles. The second-order valence-electron chi connectivity index (χ2n) is 3.59. The third kappa shape index (κ3) is 4.32. The molecular formula is C12H20O2. The van der Waals surface area contributed by atoms with Gasteiger partial charge in [0.1, 0.15) is 0 Å². The van der Waals surface area contributed by atoms with Gasteiger partial charge in [-0.05, 0) is 12.3 Å². The molecule has 0 N–H and O–H groups in total. The highest BCUT2D eigenvalue weighted by atomic mass is 16.5. The number of hydrogen-bond acceptors (Lipinski definition) is 2. The zero-order valence-electron chi connectivity index (χ0n) is 9.38. The molecule has 0 spiro atoms. The van der Waals surface area contributed by atoms with Crippen LogP contribution in [0.3, 0.4) is 0 Å². The van der Waals surface area contributed by atoms with Crippen molar-refractivity contribution in [3.05, 3.63) is 0 Å². The van der Waals surface area contributed by atoms with Gasteiger partial charge in [-0.15, -0.1) is 6.42 Å². The summed E-state index contributed by atoms with van der Waals surface area (Å²) in [4.78, 5) is 11.6. The Morgan fingerprint density at radius 2 is 2.14 bits per heavy atom. The monoisotopic (exact) mass is 196 g/mol. The van der Waals surface area contributed by atoms with Crippen molar-refractivity contribution >= 4 is 5.97 Å². The fraction of sp³-hybridized carbons (Fsp3) is 0.750. The second kappa shape index (κ2) is 7.44. The van der Waals surface area contributed by atoms with E-state index < -0.39 is 0 Å². The Bertz CT molecular complexity index is 203. The molecule has 0 saturated heterocycles. The van der Waals surface area contributed by atoms with Crippen LogP contribution in [0.2, 0.25) is 0 Å². The lowest BCUT2D eigenvalue weighted by Gasteiger charge is -2.20. The maximum atomic E-state index is 11.6. The van der Waals surface area contributed by atoms with Gasteiger partial charge in [-0.25, -0.2) is 0 Å². The second-order valence-corrected chi connectivity index (χ2v) is 3.59. The zero-order valence-corrected chi connectivity index (χ0v) is 9.38. The number of terminal acetylenes is 1. The Labute approximate surface area is 87.0 Å². The lowest BCUT2D eigenvalue weighted by molar-refractivity contribution is -0.149. The van der Waals surface area contributed by atoms with Crippen molar-refractivity contribution in [1.82, 2.24) is 0 Å². The van der Waals surface area contributed by atoms with Crippen molar-refractivity contribution in [2.24, 2.45) is 11.8 Å². The minimum Gasteiger partial charge on any atom is -0.452 e. The summed E-state index contributed by atoms with van der Waals surface area (Å²) >= 11 is 0. The van der Waals surface area contributed by atoms with Crippen LogP contribution in [0, 0.1) is 24.2 Å². The molecule has 0 aromatic carbocycles. The van der Waals surface area contributed by atoms with Crippen molar-refractivity contribution in [2.45, 2.75) is 40.0 Å². The molecule has 2 heteroatoms. The molecule has 0 heterocycles. The van der Waals surface area contributed by atoms with Crippen LogP contribution in [0.4, 0.5) is 0 Å². The van der Waals surface area contributed by atoms with Crippen molar-refractivity contribution < 1.29 is 9.53 Å². The molecule has 0 bridgehead atoms. The molecule has 14 heavy (non-hydrogen) atoms. The molecule has 0 fully saturated rings. The van der Waals surface area contributed by atoms with Crippen molar-refractivity contribution in [3.63, 3.8) is 0 Å². The lowest BCUT2D eigenvalue weighted by atomic mass is 9.88. The number of carbonyl (C=O) groups is 1. The number of hydrogen-bond donors (Lipinski definition) is 0. The number of rotatable bonds is 6. The summed E-state index contributed by atoms with van der Waals surface area (Å²) in [6.07, 6.45) is 7.92. The maximum absolute atomic E-state index is 11.6. The molecule has 2 nitrogen and oxygen atoms in total. The van der Waals surface area contributed by atoms with E-state index in [-0.39, 0.29) is 18.5 Å². The van der Waals surface area contributed by atoms with Crippen molar-refractivity contribution in [3.8, 4) is 12.3 Å². The fourth-order valence-electron chi connectivity index (χ4n) is 1.45. The molecule has 0 amide bonds. The van der Waals surface area contributed by atoms with Gasteiger partial charge in [-0.2, -0.15) is 0 Å². The smallest absolute Gasteiger partial charge is 0.310 e. The standard InChI is InChI=1S/C12H20O2/c1-5-8-11(10(4)7-3)12(13)14-9-6-2/h2,10-11H,5,7-9H2,1,3-4H3. The van der Waals surface area contributed by atoms with E-state index >= 15 is 0 Å². The van der Waals surface area contributed by atoms with Gasteiger partial charge in [-0.1, -0.05) is 39.5 Å². The Hall–Kier alpha value is -0.970. The fourth-order valence-corrected chi connectivity index (χ4v) is 1.45. The summed E-state index contributed by atoms with van der Waals surface area (Å²) < 4.78 is 4.95. The maximum Gasteiger partial charge on any atom is 0.310 e. The normalized spacial score (nSPS) is 14.1. The third-order valence-electron chi connectivity index (χ3n) is 2.53. The van der Waals surface area contributed by atoms with Crippen LogP contribution in [0.15, 0.2) is 0 Å². The molecule has 2 unspecified atom stereocenters. The van der Waals surface area contributed by atoms with E-state index in [0.717, 1.165) is 19.3 Å². The molecule has 2 atom stereocenters. The minimum absolute atomic E-state index is 0.0124. The van der Waals surface area contributed by atoms with Gasteiger partial charge in [0.05, 0.1) is 5.92 Å².